The number of hydrogen-bond donors (Lipinski definition) is 7. The van der Waals surface area contributed by atoms with Crippen molar-refractivity contribution < 1.29 is 39.3 Å². The van der Waals surface area contributed by atoms with Crippen molar-refractivity contribution in [3.8, 4) is 5.75 Å². The molecule has 12 nitrogen and oxygen atoms in total. The van der Waals surface area contributed by atoms with Gasteiger partial charge in [-0.1, -0.05) is 12.1 Å². The topological polar surface area (TPSA) is 222 Å². The minimum absolute atomic E-state index is 0.0122. The van der Waals surface area contributed by atoms with Gasteiger partial charge >= 0.3 is 11.9 Å². The maximum atomic E-state index is 12.7. The zero-order valence-corrected chi connectivity index (χ0v) is 16.6. The van der Waals surface area contributed by atoms with E-state index < -0.39 is 54.2 Å². The van der Waals surface area contributed by atoms with Gasteiger partial charge in [0.15, 0.2) is 0 Å². The third-order valence-corrected chi connectivity index (χ3v) is 4.31. The van der Waals surface area contributed by atoms with Crippen LogP contribution in [0.15, 0.2) is 24.3 Å². The van der Waals surface area contributed by atoms with Gasteiger partial charge in [0.2, 0.25) is 17.7 Å². The van der Waals surface area contributed by atoms with E-state index in [9.17, 15) is 34.2 Å². The Morgan fingerprint density at radius 1 is 0.871 bits per heavy atom. The molecule has 3 atom stereocenters. The van der Waals surface area contributed by atoms with Crippen LogP contribution in [-0.2, 0) is 30.4 Å². The van der Waals surface area contributed by atoms with Crippen molar-refractivity contribution in [2.24, 2.45) is 11.5 Å². The number of aliphatic carboxylic acids is 2. The highest BCUT2D eigenvalue weighted by molar-refractivity contribution is 5.92. The Kier molecular flexibility index (Phi) is 9.92. The molecule has 0 unspecified atom stereocenters. The summed E-state index contributed by atoms with van der Waals surface area (Å²) in [5, 5.41) is 32.0. The van der Waals surface area contributed by atoms with Crippen LogP contribution in [0.2, 0.25) is 0 Å². The highest BCUT2D eigenvalue weighted by atomic mass is 16.4. The van der Waals surface area contributed by atoms with Gasteiger partial charge in [0.05, 0.1) is 6.04 Å². The summed E-state index contributed by atoms with van der Waals surface area (Å²) >= 11 is 0. The van der Waals surface area contributed by atoms with E-state index >= 15 is 0 Å². The Balaban J connectivity index is 2.96. The van der Waals surface area contributed by atoms with Crippen molar-refractivity contribution >= 4 is 29.7 Å². The summed E-state index contributed by atoms with van der Waals surface area (Å²) in [7, 11) is 0. The van der Waals surface area contributed by atoms with Crippen LogP contribution in [0.1, 0.15) is 31.2 Å². The summed E-state index contributed by atoms with van der Waals surface area (Å²) in [5.41, 5.74) is 11.3. The van der Waals surface area contributed by atoms with Gasteiger partial charge < -0.3 is 37.4 Å². The normalized spacial score (nSPS) is 13.5. The van der Waals surface area contributed by atoms with E-state index in [0.29, 0.717) is 5.56 Å². The lowest BCUT2D eigenvalue weighted by Gasteiger charge is -2.23. The number of hydrogen-bond acceptors (Lipinski definition) is 7. The van der Waals surface area contributed by atoms with Crippen molar-refractivity contribution in [1.29, 1.82) is 0 Å². The first-order valence-corrected chi connectivity index (χ1v) is 9.36. The minimum Gasteiger partial charge on any atom is -0.508 e. The molecule has 3 amide bonds. The monoisotopic (exact) mass is 438 g/mol. The lowest BCUT2D eigenvalue weighted by molar-refractivity contribution is -0.143. The molecule has 0 heterocycles. The van der Waals surface area contributed by atoms with Crippen molar-refractivity contribution in [3.05, 3.63) is 29.8 Å². The minimum atomic E-state index is -1.48. The first-order chi connectivity index (χ1) is 14.5. The SMILES string of the molecule is NC(=O)CC[C@H](N)C(=O)N[C@@H](Cc1ccc(O)cc1)C(=O)N[C@@H](CCC(=O)O)C(=O)O. The second-order valence-electron chi connectivity index (χ2n) is 6.88. The Labute approximate surface area is 177 Å². The average molecular weight is 438 g/mol. The number of aromatic hydroxyl groups is 1. The zero-order valence-electron chi connectivity index (χ0n) is 16.6. The Morgan fingerprint density at radius 2 is 1.45 bits per heavy atom. The molecule has 0 fully saturated rings. The summed E-state index contributed by atoms with van der Waals surface area (Å²) in [6.45, 7) is 0. The molecule has 0 aliphatic carbocycles. The van der Waals surface area contributed by atoms with Gasteiger partial charge in [-0.15, -0.1) is 0 Å². The molecule has 0 spiro atoms. The van der Waals surface area contributed by atoms with Crippen LogP contribution in [0, 0.1) is 0 Å². The highest BCUT2D eigenvalue weighted by Gasteiger charge is 2.28. The Hall–Kier alpha value is -3.67. The first-order valence-electron chi connectivity index (χ1n) is 9.36. The fraction of sp³-hybridized carbons (Fsp3) is 0.421. The van der Waals surface area contributed by atoms with Crippen molar-refractivity contribution in [2.45, 2.75) is 50.2 Å². The maximum absolute atomic E-state index is 12.7. The predicted molar refractivity (Wildman–Crippen MR) is 107 cm³/mol. The first kappa shape index (κ1) is 25.4. The molecular formula is C19H26N4O8. The molecule has 9 N–H and O–H groups in total. The van der Waals surface area contributed by atoms with Gasteiger partial charge in [0.25, 0.3) is 0 Å². The van der Waals surface area contributed by atoms with Gasteiger partial charge in [0, 0.05) is 19.3 Å². The van der Waals surface area contributed by atoms with E-state index in [4.69, 9.17) is 16.6 Å². The number of primary amides is 1. The van der Waals surface area contributed by atoms with Crippen LogP contribution in [0.4, 0.5) is 0 Å². The van der Waals surface area contributed by atoms with E-state index in [1.807, 2.05) is 0 Å². The van der Waals surface area contributed by atoms with Gasteiger partial charge in [-0.05, 0) is 30.5 Å². The number of benzene rings is 1. The summed E-state index contributed by atoms with van der Waals surface area (Å²) in [6.07, 6.45) is -1.09. The number of carboxylic acid groups (broad SMARTS) is 2. The molecule has 0 aromatic heterocycles. The number of carbonyl (C=O) groups is 5. The third-order valence-electron chi connectivity index (χ3n) is 4.31. The highest BCUT2D eigenvalue weighted by Crippen LogP contribution is 2.12. The van der Waals surface area contributed by atoms with Crippen LogP contribution in [0.3, 0.4) is 0 Å². The van der Waals surface area contributed by atoms with Crippen LogP contribution in [0.5, 0.6) is 5.75 Å². The maximum Gasteiger partial charge on any atom is 0.326 e. The van der Waals surface area contributed by atoms with Crippen molar-refractivity contribution in [1.82, 2.24) is 10.6 Å². The lowest BCUT2D eigenvalue weighted by Crippen LogP contribution is -2.55. The number of phenols is 1. The second-order valence-corrected chi connectivity index (χ2v) is 6.88. The van der Waals surface area contributed by atoms with E-state index in [1.54, 1.807) is 0 Å². The zero-order chi connectivity index (χ0) is 23.6. The molecule has 1 rings (SSSR count). The van der Waals surface area contributed by atoms with Crippen molar-refractivity contribution in [3.63, 3.8) is 0 Å². The predicted octanol–water partition coefficient (Wildman–Crippen LogP) is -1.55. The Bertz CT molecular complexity index is 812. The number of amides is 3. The van der Waals surface area contributed by atoms with Gasteiger partial charge in [-0.25, -0.2) is 4.79 Å². The van der Waals surface area contributed by atoms with Crippen LogP contribution in [0.25, 0.3) is 0 Å². The average Bonchev–Trinajstić information content (AvgIpc) is 2.69. The Morgan fingerprint density at radius 3 is 1.97 bits per heavy atom. The number of nitrogens with two attached hydrogens (primary N) is 2. The van der Waals surface area contributed by atoms with Crippen LogP contribution in [-0.4, -0.2) is 63.1 Å². The van der Waals surface area contributed by atoms with Gasteiger partial charge in [-0.2, -0.15) is 0 Å². The van der Waals surface area contributed by atoms with Gasteiger partial charge in [0.1, 0.15) is 17.8 Å². The fourth-order valence-electron chi connectivity index (χ4n) is 2.58. The van der Waals surface area contributed by atoms with E-state index in [-0.39, 0.29) is 31.4 Å². The molecule has 0 radical (unpaired) electrons. The van der Waals surface area contributed by atoms with E-state index in [0.717, 1.165) is 0 Å². The van der Waals surface area contributed by atoms with E-state index in [1.165, 1.54) is 24.3 Å². The summed E-state index contributed by atoms with van der Waals surface area (Å²) in [6, 6.07) is 1.90. The summed E-state index contributed by atoms with van der Waals surface area (Å²) in [5.74, 6) is -4.93. The molecule has 170 valence electrons. The number of phenolic OH excluding ortho intramolecular Hbond substituents is 1. The quantitative estimate of drug-likeness (QED) is 0.189. The second kappa shape index (κ2) is 12.1. The standard InChI is InChI=1S/C19H26N4O8/c20-12(5-7-15(21)25)17(28)23-14(9-10-1-3-11(24)4-2-10)18(29)22-13(19(30)31)6-8-16(26)27/h1-4,12-14,24H,5-9,20H2,(H2,21,25)(H,22,29)(H,23,28)(H,26,27)(H,30,31)/t12-,13-,14-/m0/s1. The molecule has 0 saturated carbocycles. The number of carboxylic acids is 2. The molecule has 0 aliphatic rings. The van der Waals surface area contributed by atoms with Gasteiger partial charge in [-0.3, -0.25) is 19.2 Å². The molecule has 1 aromatic carbocycles. The van der Waals surface area contributed by atoms with Crippen molar-refractivity contribution in [2.75, 3.05) is 0 Å². The van der Waals surface area contributed by atoms with Crippen LogP contribution >= 0.6 is 0 Å². The molecular weight excluding hydrogens is 412 g/mol. The molecule has 1 aromatic rings. The molecule has 0 aliphatic heterocycles. The fourth-order valence-corrected chi connectivity index (χ4v) is 2.58. The summed E-state index contributed by atoms with van der Waals surface area (Å²) in [4.78, 5) is 58.0. The lowest BCUT2D eigenvalue weighted by atomic mass is 10.0. The number of rotatable bonds is 13. The van der Waals surface area contributed by atoms with Crippen LogP contribution < -0.4 is 22.1 Å². The number of nitrogens with one attached hydrogen (secondary N) is 2. The van der Waals surface area contributed by atoms with E-state index in [2.05, 4.69) is 10.6 Å². The smallest absolute Gasteiger partial charge is 0.326 e. The molecule has 0 saturated heterocycles. The molecule has 0 bridgehead atoms. The third kappa shape index (κ3) is 9.58. The summed E-state index contributed by atoms with van der Waals surface area (Å²) < 4.78 is 0. The largest absolute Gasteiger partial charge is 0.508 e. The molecule has 31 heavy (non-hydrogen) atoms. The number of carbonyl (C=O) groups excluding carboxylic acids is 3. The molecule has 12 heteroatoms.